The van der Waals surface area contributed by atoms with Crippen LogP contribution in [0.1, 0.15) is 45.9 Å². The quantitative estimate of drug-likeness (QED) is 0.508. The lowest BCUT2D eigenvalue weighted by molar-refractivity contribution is 0.100. The minimum Gasteiger partial charge on any atom is -0.384 e. The van der Waals surface area contributed by atoms with E-state index < -0.39 is 5.91 Å². The second-order valence-electron chi connectivity index (χ2n) is 7.19. The molecule has 5 N–H and O–H groups in total. The number of H-pyrrole nitrogens is 1. The third-order valence-corrected chi connectivity index (χ3v) is 5.41. The van der Waals surface area contributed by atoms with Crippen molar-refractivity contribution in [2.75, 3.05) is 5.73 Å². The smallest absolute Gasteiger partial charge is 0.253 e. The largest absolute Gasteiger partial charge is 0.384 e. The lowest BCUT2D eigenvalue weighted by atomic mass is 10.1. The first-order chi connectivity index (χ1) is 13.5. The van der Waals surface area contributed by atoms with Gasteiger partial charge >= 0.3 is 0 Å². The fourth-order valence-electron chi connectivity index (χ4n) is 3.98. The number of anilines is 1. The predicted molar refractivity (Wildman–Crippen MR) is 105 cm³/mol. The van der Waals surface area contributed by atoms with Crippen molar-refractivity contribution >= 4 is 33.5 Å². The summed E-state index contributed by atoms with van der Waals surface area (Å²) in [4.78, 5) is 16.7. The highest BCUT2D eigenvalue weighted by molar-refractivity contribution is 6.13. The van der Waals surface area contributed by atoms with Gasteiger partial charge in [-0.05, 0) is 31.4 Å². The maximum absolute atomic E-state index is 12.2. The van der Waals surface area contributed by atoms with Crippen LogP contribution in [0.3, 0.4) is 0 Å². The second kappa shape index (κ2) is 5.57. The Hall–Kier alpha value is -3.86. The molecule has 1 saturated carbocycles. The monoisotopic (exact) mass is 371 g/mol. The maximum Gasteiger partial charge on any atom is 0.253 e. The number of aromatic amines is 1. The number of nitrogens with one attached hydrogen (secondary N) is 1. The van der Waals surface area contributed by atoms with Crippen LogP contribution in [0.5, 0.6) is 0 Å². The third kappa shape index (κ3) is 2.07. The van der Waals surface area contributed by atoms with Crippen LogP contribution in [0.15, 0.2) is 24.5 Å². The molecule has 5 rings (SSSR count). The van der Waals surface area contributed by atoms with Gasteiger partial charge in [-0.1, -0.05) is 6.07 Å². The Morgan fingerprint density at radius 2 is 2.11 bits per heavy atom. The van der Waals surface area contributed by atoms with Gasteiger partial charge in [0.1, 0.15) is 11.9 Å². The number of amides is 1. The molecule has 0 spiro atoms. The first kappa shape index (κ1) is 16.3. The number of nitrogens with zero attached hydrogens (tertiary/aromatic N) is 4. The molecule has 0 radical (unpaired) electrons. The number of hydrogen-bond donors (Lipinski definition) is 3. The summed E-state index contributed by atoms with van der Waals surface area (Å²) in [5.41, 5.74) is 16.6. The van der Waals surface area contributed by atoms with E-state index in [-0.39, 0.29) is 17.3 Å². The number of pyridine rings is 1. The predicted octanol–water partition coefficient (Wildman–Crippen LogP) is 2.64. The number of nitrogens with two attached hydrogens (primary N) is 2. The van der Waals surface area contributed by atoms with Crippen molar-refractivity contribution in [2.45, 2.75) is 25.7 Å². The van der Waals surface area contributed by atoms with Crippen molar-refractivity contribution in [3.8, 4) is 11.8 Å². The molecular weight excluding hydrogens is 354 g/mol. The SMILES string of the molecule is Cc1ccc2[nH]ncc2c1-n1c(N)c(C(N)=O)c2cnc(C3CC3)c(C#N)c21. The van der Waals surface area contributed by atoms with Crippen LogP contribution in [0, 0.1) is 18.3 Å². The molecule has 0 aliphatic heterocycles. The van der Waals surface area contributed by atoms with E-state index in [1.807, 2.05) is 19.1 Å². The van der Waals surface area contributed by atoms with Gasteiger partial charge in [0, 0.05) is 22.9 Å². The first-order valence-corrected chi connectivity index (χ1v) is 8.98. The molecular formula is C20H17N7O. The third-order valence-electron chi connectivity index (χ3n) is 5.41. The molecule has 28 heavy (non-hydrogen) atoms. The van der Waals surface area contributed by atoms with E-state index in [0.29, 0.717) is 16.5 Å². The van der Waals surface area contributed by atoms with E-state index in [4.69, 9.17) is 11.5 Å². The highest BCUT2D eigenvalue weighted by Crippen LogP contribution is 2.44. The zero-order valence-electron chi connectivity index (χ0n) is 15.2. The Morgan fingerprint density at radius 3 is 2.79 bits per heavy atom. The number of aryl methyl sites for hydroxylation is 1. The van der Waals surface area contributed by atoms with Crippen LogP contribution in [0.2, 0.25) is 0 Å². The fraction of sp³-hybridized carbons (Fsp3) is 0.200. The van der Waals surface area contributed by atoms with Crippen LogP contribution in [0.4, 0.5) is 5.82 Å². The van der Waals surface area contributed by atoms with Crippen molar-refractivity contribution in [1.29, 1.82) is 5.26 Å². The number of hydrogen-bond acceptors (Lipinski definition) is 5. The van der Waals surface area contributed by atoms with E-state index in [0.717, 1.165) is 40.7 Å². The van der Waals surface area contributed by atoms with E-state index in [2.05, 4.69) is 21.3 Å². The van der Waals surface area contributed by atoms with Crippen molar-refractivity contribution in [3.05, 3.63) is 46.9 Å². The Balaban J connectivity index is 2.01. The standard InChI is InChI=1S/C20H17N7O/c1-9-2-5-14-12(8-25-26-14)17(9)27-18-11(6-21)16(10-3-4-10)24-7-13(18)15(19(27)22)20(23)28/h2,5,7-8,10H,3-4,22H2,1H3,(H2,23,28)(H,25,26). The molecule has 8 nitrogen and oxygen atoms in total. The summed E-state index contributed by atoms with van der Waals surface area (Å²) in [6, 6.07) is 6.17. The highest BCUT2D eigenvalue weighted by atomic mass is 16.1. The fourth-order valence-corrected chi connectivity index (χ4v) is 3.98. The van der Waals surface area contributed by atoms with Crippen molar-refractivity contribution in [2.24, 2.45) is 5.73 Å². The molecule has 138 valence electrons. The molecule has 3 aromatic heterocycles. The summed E-state index contributed by atoms with van der Waals surface area (Å²) in [5, 5.41) is 18.4. The average molecular weight is 371 g/mol. The van der Waals surface area contributed by atoms with Gasteiger partial charge in [0.2, 0.25) is 0 Å². The minimum absolute atomic E-state index is 0.182. The van der Waals surface area contributed by atoms with Gasteiger partial charge in [-0.2, -0.15) is 10.4 Å². The van der Waals surface area contributed by atoms with E-state index in [1.54, 1.807) is 17.0 Å². The normalized spacial score (nSPS) is 13.9. The van der Waals surface area contributed by atoms with Crippen LogP contribution < -0.4 is 11.5 Å². The molecule has 1 fully saturated rings. The van der Waals surface area contributed by atoms with Crippen molar-refractivity contribution in [1.82, 2.24) is 19.7 Å². The summed E-state index contributed by atoms with van der Waals surface area (Å²) in [6.07, 6.45) is 5.33. The Labute approximate surface area is 159 Å². The Bertz CT molecular complexity index is 1330. The summed E-state index contributed by atoms with van der Waals surface area (Å²) in [6.45, 7) is 1.95. The van der Waals surface area contributed by atoms with Gasteiger partial charge in [0.15, 0.2) is 0 Å². The molecule has 1 aliphatic carbocycles. The average Bonchev–Trinajstić information content (AvgIpc) is 3.32. The van der Waals surface area contributed by atoms with E-state index in [1.165, 1.54) is 0 Å². The number of benzene rings is 1. The van der Waals surface area contributed by atoms with E-state index >= 15 is 0 Å². The summed E-state index contributed by atoms with van der Waals surface area (Å²) in [5.74, 6) is -0.180. The Kier molecular flexibility index (Phi) is 3.25. The topological polar surface area (TPSA) is 139 Å². The lowest BCUT2D eigenvalue weighted by Crippen LogP contribution is -2.14. The van der Waals surface area contributed by atoms with Crippen LogP contribution in [-0.4, -0.2) is 25.7 Å². The summed E-state index contributed by atoms with van der Waals surface area (Å²) in [7, 11) is 0. The zero-order chi connectivity index (χ0) is 19.6. The number of primary amides is 1. The molecule has 0 atom stereocenters. The van der Waals surface area contributed by atoms with Gasteiger partial charge < -0.3 is 11.5 Å². The molecule has 0 unspecified atom stereocenters. The summed E-state index contributed by atoms with van der Waals surface area (Å²) < 4.78 is 1.76. The van der Waals surface area contributed by atoms with Crippen LogP contribution in [0.25, 0.3) is 27.5 Å². The molecule has 3 heterocycles. The van der Waals surface area contributed by atoms with E-state index in [9.17, 15) is 10.1 Å². The second-order valence-corrected chi connectivity index (χ2v) is 7.19. The number of rotatable bonds is 3. The molecule has 1 aromatic carbocycles. The number of fused-ring (bicyclic) bond motifs is 2. The number of nitrogen functional groups attached to an aromatic ring is 1. The molecule has 4 aromatic rings. The number of carbonyl (C=O) groups is 1. The molecule has 0 saturated heterocycles. The lowest BCUT2D eigenvalue weighted by Gasteiger charge is -2.14. The number of aromatic nitrogens is 4. The van der Waals surface area contributed by atoms with Gasteiger partial charge in [0.25, 0.3) is 5.91 Å². The molecule has 0 bridgehead atoms. The maximum atomic E-state index is 12.2. The number of nitriles is 1. The van der Waals surface area contributed by atoms with Gasteiger partial charge in [-0.25, -0.2) is 0 Å². The molecule has 1 amide bonds. The van der Waals surface area contributed by atoms with Gasteiger partial charge in [-0.3, -0.25) is 19.4 Å². The first-order valence-electron chi connectivity index (χ1n) is 8.98. The molecule has 1 aliphatic rings. The van der Waals surface area contributed by atoms with Gasteiger partial charge in [-0.15, -0.1) is 0 Å². The Morgan fingerprint density at radius 1 is 1.32 bits per heavy atom. The zero-order valence-corrected chi connectivity index (χ0v) is 15.2. The van der Waals surface area contributed by atoms with Crippen molar-refractivity contribution < 1.29 is 4.79 Å². The van der Waals surface area contributed by atoms with Crippen molar-refractivity contribution in [3.63, 3.8) is 0 Å². The van der Waals surface area contributed by atoms with Crippen LogP contribution >= 0.6 is 0 Å². The van der Waals surface area contributed by atoms with Crippen LogP contribution in [-0.2, 0) is 0 Å². The highest BCUT2D eigenvalue weighted by Gasteiger charge is 2.32. The van der Waals surface area contributed by atoms with Gasteiger partial charge in [0.05, 0.1) is 39.7 Å². The minimum atomic E-state index is -0.650. The summed E-state index contributed by atoms with van der Waals surface area (Å²) >= 11 is 0. The number of carbonyl (C=O) groups excluding carboxylic acids is 1. The molecule has 8 heteroatoms.